The minimum atomic E-state index is 0.0439. The van der Waals surface area contributed by atoms with E-state index in [9.17, 15) is 0 Å². The SMILES string of the molecule is CCn1c2ccccc2c2ccc(N(c3ccc4c(c3)CCC(c3ccc(C5c6ccccc6C6=Nc7cccc8cccc(c78)N65)cc3)=C4)c3ccc4c5ccccc5n(CC)c4c3)cc21. The van der Waals surface area contributed by atoms with E-state index in [1.165, 1.54) is 105 Å². The van der Waals surface area contributed by atoms with E-state index < -0.39 is 0 Å². The Morgan fingerprint density at radius 1 is 0.537 bits per heavy atom. The van der Waals surface area contributed by atoms with Gasteiger partial charge in [0.25, 0.3) is 0 Å². The van der Waals surface area contributed by atoms with Crippen molar-refractivity contribution in [1.29, 1.82) is 0 Å². The number of rotatable bonds is 7. The Morgan fingerprint density at radius 3 is 1.85 bits per heavy atom. The number of aromatic nitrogens is 2. The highest BCUT2D eigenvalue weighted by Crippen LogP contribution is 2.50. The summed E-state index contributed by atoms with van der Waals surface area (Å²) in [5.74, 6) is 1.04. The van der Waals surface area contributed by atoms with Gasteiger partial charge in [0, 0.05) is 73.7 Å². The average Bonchev–Trinajstić information content (AvgIpc) is 4.01. The Morgan fingerprint density at radius 2 is 1.15 bits per heavy atom. The molecule has 3 aliphatic rings. The van der Waals surface area contributed by atoms with E-state index in [0.29, 0.717) is 0 Å². The number of amidine groups is 1. The summed E-state index contributed by atoms with van der Waals surface area (Å²) < 4.78 is 4.92. The van der Waals surface area contributed by atoms with Crippen LogP contribution in [0.15, 0.2) is 193 Å². The van der Waals surface area contributed by atoms with Gasteiger partial charge < -0.3 is 18.9 Å². The van der Waals surface area contributed by atoms with Crippen LogP contribution >= 0.6 is 0 Å². The fraction of sp³-hybridized carbons (Fsp3) is 0.113. The van der Waals surface area contributed by atoms with Crippen molar-refractivity contribution in [2.24, 2.45) is 4.99 Å². The number of hydrogen-bond acceptors (Lipinski definition) is 3. The molecule has 0 spiro atoms. The maximum absolute atomic E-state index is 5.29. The summed E-state index contributed by atoms with van der Waals surface area (Å²) in [4.78, 5) is 10.2. The molecular weight excluding hydrogens is 815 g/mol. The van der Waals surface area contributed by atoms with E-state index in [2.05, 4.69) is 227 Å². The van der Waals surface area contributed by atoms with Crippen molar-refractivity contribution in [2.45, 2.75) is 45.8 Å². The summed E-state index contributed by atoms with van der Waals surface area (Å²) in [7, 11) is 0. The zero-order valence-corrected chi connectivity index (χ0v) is 37.6. The van der Waals surface area contributed by atoms with Gasteiger partial charge in [-0.1, -0.05) is 133 Å². The van der Waals surface area contributed by atoms with Crippen molar-refractivity contribution in [3.8, 4) is 0 Å². The highest BCUT2D eigenvalue weighted by Gasteiger charge is 2.39. The molecule has 5 nitrogen and oxygen atoms in total. The van der Waals surface area contributed by atoms with Crippen LogP contribution in [0.1, 0.15) is 59.7 Å². The van der Waals surface area contributed by atoms with Crippen LogP contribution in [0.3, 0.4) is 0 Å². The second-order valence-electron chi connectivity index (χ2n) is 18.4. The highest BCUT2D eigenvalue weighted by atomic mass is 15.3. The quantitative estimate of drug-likeness (QED) is 0.160. The van der Waals surface area contributed by atoms with Crippen LogP contribution in [0.4, 0.5) is 28.4 Å². The Kier molecular flexibility index (Phi) is 8.36. The van der Waals surface area contributed by atoms with Gasteiger partial charge in [-0.25, -0.2) is 4.99 Å². The number of para-hydroxylation sites is 2. The fourth-order valence-corrected chi connectivity index (χ4v) is 11.9. The molecular formula is C62H47N5. The number of nitrogens with zero attached hydrogens (tertiary/aromatic N) is 5. The van der Waals surface area contributed by atoms with Gasteiger partial charge in [0.2, 0.25) is 0 Å². The summed E-state index contributed by atoms with van der Waals surface area (Å²) in [6.07, 6.45) is 4.39. The third-order valence-corrected chi connectivity index (χ3v) is 15.0. The van der Waals surface area contributed by atoms with E-state index in [0.717, 1.165) is 48.8 Å². The van der Waals surface area contributed by atoms with Crippen LogP contribution in [0.2, 0.25) is 0 Å². The zero-order valence-electron chi connectivity index (χ0n) is 37.6. The van der Waals surface area contributed by atoms with Crippen molar-refractivity contribution in [2.75, 3.05) is 9.80 Å². The molecule has 0 amide bonds. The molecule has 2 aliphatic heterocycles. The molecule has 1 atom stereocenters. The number of hydrogen-bond donors (Lipinski definition) is 0. The lowest BCUT2D eigenvalue weighted by atomic mass is 9.87. The molecule has 5 heteroatoms. The largest absolute Gasteiger partial charge is 0.341 e. The van der Waals surface area contributed by atoms with Gasteiger partial charge in [-0.3, -0.25) is 0 Å². The molecule has 14 rings (SSSR count). The fourth-order valence-electron chi connectivity index (χ4n) is 11.9. The number of benzene rings is 9. The van der Waals surface area contributed by atoms with E-state index >= 15 is 0 Å². The Labute approximate surface area is 389 Å². The van der Waals surface area contributed by atoms with Crippen LogP contribution in [-0.2, 0) is 19.5 Å². The number of allylic oxidation sites excluding steroid dienone is 1. The third-order valence-electron chi connectivity index (χ3n) is 15.0. The lowest BCUT2D eigenvalue weighted by Gasteiger charge is -2.32. The Balaban J connectivity index is 0.843. The average molecular weight is 862 g/mol. The van der Waals surface area contributed by atoms with Crippen molar-refractivity contribution < 1.29 is 0 Å². The minimum absolute atomic E-state index is 0.0439. The van der Waals surface area contributed by atoms with E-state index in [-0.39, 0.29) is 6.04 Å². The molecule has 2 aromatic heterocycles. The molecule has 9 aromatic carbocycles. The minimum Gasteiger partial charge on any atom is -0.341 e. The molecule has 0 N–H and O–H groups in total. The molecule has 0 saturated heterocycles. The summed E-state index contributed by atoms with van der Waals surface area (Å²) in [5, 5.41) is 7.64. The highest BCUT2D eigenvalue weighted by molar-refractivity contribution is 6.23. The lowest BCUT2D eigenvalue weighted by Crippen LogP contribution is -2.30. The summed E-state index contributed by atoms with van der Waals surface area (Å²) in [6, 6.07) is 70.2. The molecule has 0 saturated carbocycles. The first kappa shape index (κ1) is 38.2. The summed E-state index contributed by atoms with van der Waals surface area (Å²) >= 11 is 0. The molecule has 4 heterocycles. The smallest absolute Gasteiger partial charge is 0.142 e. The number of aryl methyl sites for hydroxylation is 3. The van der Waals surface area contributed by atoms with E-state index in [4.69, 9.17) is 4.99 Å². The normalized spacial score (nSPS) is 15.0. The van der Waals surface area contributed by atoms with Crippen LogP contribution in [-0.4, -0.2) is 15.0 Å². The molecule has 320 valence electrons. The molecule has 0 fully saturated rings. The third kappa shape index (κ3) is 5.64. The number of anilines is 4. The predicted molar refractivity (Wildman–Crippen MR) is 282 cm³/mol. The summed E-state index contributed by atoms with van der Waals surface area (Å²) in [5.41, 5.74) is 20.0. The van der Waals surface area contributed by atoms with Gasteiger partial charge in [-0.15, -0.1) is 0 Å². The van der Waals surface area contributed by atoms with E-state index in [1.54, 1.807) is 0 Å². The van der Waals surface area contributed by atoms with Gasteiger partial charge in [0.15, 0.2) is 0 Å². The summed E-state index contributed by atoms with van der Waals surface area (Å²) in [6.45, 7) is 6.31. The number of aliphatic imine (C=N–C) groups is 1. The van der Waals surface area contributed by atoms with Crippen molar-refractivity contribution in [3.05, 3.63) is 221 Å². The van der Waals surface area contributed by atoms with Gasteiger partial charge in [-0.2, -0.15) is 0 Å². The zero-order chi connectivity index (χ0) is 44.3. The van der Waals surface area contributed by atoms with Crippen molar-refractivity contribution >= 4 is 100 Å². The van der Waals surface area contributed by atoms with Crippen molar-refractivity contribution in [3.63, 3.8) is 0 Å². The second kappa shape index (κ2) is 14.7. The van der Waals surface area contributed by atoms with Crippen LogP contribution in [0.25, 0.3) is 66.0 Å². The van der Waals surface area contributed by atoms with E-state index in [1.807, 2.05) is 0 Å². The van der Waals surface area contributed by atoms with Crippen molar-refractivity contribution in [1.82, 2.24) is 9.13 Å². The first-order valence-electron chi connectivity index (χ1n) is 23.9. The van der Waals surface area contributed by atoms with Crippen LogP contribution in [0, 0.1) is 0 Å². The predicted octanol–water partition coefficient (Wildman–Crippen LogP) is 16.1. The molecule has 0 bridgehead atoms. The molecule has 1 aliphatic carbocycles. The standard InChI is InChI=1S/C62H47N5/c1-3-64-55-20-9-7-15-48(55)50-33-31-46(37-58(50)64)66(47-32-34-51-49-16-8-10-21-56(49)65(4-2)59(51)38-47)45-30-29-43-35-42(27-28-44(43)36-45)39-23-25-41(26-24-39)61-52-17-5-6-18-53(52)62-63-54-19-11-13-40-14-12-22-57(60(40)54)67(61)62/h5-26,29-38,61H,3-4,27-28H2,1-2H3. The Hall–Kier alpha value is -8.15. The van der Waals surface area contributed by atoms with Gasteiger partial charge in [-0.05, 0) is 126 Å². The Bertz CT molecular complexity index is 3790. The van der Waals surface area contributed by atoms with Gasteiger partial charge in [0.1, 0.15) is 5.84 Å². The number of fused-ring (bicyclic) bond motifs is 11. The topological polar surface area (TPSA) is 28.7 Å². The van der Waals surface area contributed by atoms with Crippen LogP contribution in [0.5, 0.6) is 0 Å². The molecule has 1 unspecified atom stereocenters. The second-order valence-corrected chi connectivity index (χ2v) is 18.4. The monoisotopic (exact) mass is 861 g/mol. The molecule has 67 heavy (non-hydrogen) atoms. The lowest BCUT2D eigenvalue weighted by molar-refractivity contribution is 0.827. The van der Waals surface area contributed by atoms with Crippen LogP contribution < -0.4 is 9.80 Å². The van der Waals surface area contributed by atoms with Gasteiger partial charge in [0.05, 0.1) is 28.5 Å². The maximum atomic E-state index is 5.29. The first-order chi connectivity index (χ1) is 33.1. The first-order valence-corrected chi connectivity index (χ1v) is 23.9. The maximum Gasteiger partial charge on any atom is 0.142 e. The van der Waals surface area contributed by atoms with Gasteiger partial charge >= 0.3 is 0 Å². The molecule has 0 radical (unpaired) electrons. The molecule has 11 aromatic rings.